The molecule has 0 spiro atoms. The Bertz CT molecular complexity index is 778. The second-order valence-corrected chi connectivity index (χ2v) is 8.17. The number of anilines is 1. The van der Waals surface area contributed by atoms with E-state index in [0.717, 1.165) is 43.8 Å². The van der Waals surface area contributed by atoms with E-state index >= 15 is 0 Å². The number of methoxy groups -OCH3 is 2. The van der Waals surface area contributed by atoms with E-state index in [1.165, 1.54) is 18.9 Å². The molecule has 1 aromatic rings. The number of hydrogen-bond acceptors (Lipinski definition) is 5. The van der Waals surface area contributed by atoms with E-state index in [9.17, 15) is 9.90 Å². The van der Waals surface area contributed by atoms with Crippen LogP contribution < -0.4 is 10.1 Å². The third kappa shape index (κ3) is 3.04. The topological polar surface area (TPSA) is 71.0 Å². The first-order chi connectivity index (χ1) is 13.6. The van der Waals surface area contributed by atoms with E-state index in [0.29, 0.717) is 23.5 Å². The van der Waals surface area contributed by atoms with Gasteiger partial charge in [0.15, 0.2) is 0 Å². The first-order valence-corrected chi connectivity index (χ1v) is 10.2. The fourth-order valence-electron chi connectivity index (χ4n) is 5.70. The molecule has 3 heterocycles. The van der Waals surface area contributed by atoms with Crippen molar-refractivity contribution in [3.8, 4) is 5.75 Å². The van der Waals surface area contributed by atoms with Gasteiger partial charge in [0.25, 0.3) is 0 Å². The van der Waals surface area contributed by atoms with Crippen LogP contribution in [-0.2, 0) is 9.53 Å². The highest BCUT2D eigenvalue weighted by Crippen LogP contribution is 2.50. The summed E-state index contributed by atoms with van der Waals surface area (Å²) in [5, 5.41) is 13.5. The third-order valence-corrected chi connectivity index (χ3v) is 6.97. The van der Waals surface area contributed by atoms with Crippen molar-refractivity contribution in [2.24, 2.45) is 11.8 Å². The molecule has 2 N–H and O–H groups in total. The molecule has 6 nitrogen and oxygen atoms in total. The molecule has 2 fully saturated rings. The average Bonchev–Trinajstić information content (AvgIpc) is 3.10. The van der Waals surface area contributed by atoms with E-state index < -0.39 is 5.97 Å². The Labute approximate surface area is 166 Å². The minimum Gasteiger partial charge on any atom is -0.504 e. The molecule has 28 heavy (non-hydrogen) atoms. The van der Waals surface area contributed by atoms with Gasteiger partial charge in [0.05, 0.1) is 26.1 Å². The average molecular weight is 386 g/mol. The van der Waals surface area contributed by atoms with Crippen LogP contribution in [0.15, 0.2) is 30.0 Å². The highest BCUT2D eigenvalue weighted by Gasteiger charge is 2.49. The number of carbonyl (C=O) groups is 1. The van der Waals surface area contributed by atoms with Crippen LogP contribution in [0.4, 0.5) is 5.69 Å². The van der Waals surface area contributed by atoms with Gasteiger partial charge in [-0.25, -0.2) is 4.79 Å². The molecule has 0 bridgehead atoms. The molecule has 3 aliphatic heterocycles. The normalized spacial score (nSPS) is 32.0. The maximum absolute atomic E-state index is 11.9. The number of benzene rings is 1. The standard InChI is InChI=1S/C22H30N2O4/c1-4-13-11-24-9-8-14-20-17(6-5-7-19(20)28-3)23-21(14)18(24)10-15(13)16(12-27-2)22(25)26/h5-7,12-15,18,21,23H,4,8-11H2,1-3H3,(H,25,26)/t13-,14?,15+,18+,21?/m1/s1. The molecule has 0 aliphatic carbocycles. The summed E-state index contributed by atoms with van der Waals surface area (Å²) < 4.78 is 10.8. The molecule has 3 aliphatic rings. The van der Waals surface area contributed by atoms with E-state index in [1.807, 2.05) is 12.1 Å². The summed E-state index contributed by atoms with van der Waals surface area (Å²) in [6, 6.07) is 6.79. The summed E-state index contributed by atoms with van der Waals surface area (Å²) in [4.78, 5) is 14.5. The van der Waals surface area contributed by atoms with Crippen molar-refractivity contribution in [3.05, 3.63) is 35.6 Å². The Morgan fingerprint density at radius 2 is 2.21 bits per heavy atom. The van der Waals surface area contributed by atoms with Crippen molar-refractivity contribution in [1.29, 1.82) is 0 Å². The smallest absolute Gasteiger partial charge is 0.334 e. The third-order valence-electron chi connectivity index (χ3n) is 6.97. The molecule has 2 unspecified atom stereocenters. The summed E-state index contributed by atoms with van der Waals surface area (Å²) in [7, 11) is 3.26. The van der Waals surface area contributed by atoms with Gasteiger partial charge in [-0.3, -0.25) is 4.90 Å². The summed E-state index contributed by atoms with van der Waals surface area (Å²) in [5.41, 5.74) is 2.86. The highest BCUT2D eigenvalue weighted by atomic mass is 16.5. The molecule has 1 aromatic carbocycles. The van der Waals surface area contributed by atoms with Crippen LogP contribution in [0.25, 0.3) is 0 Å². The number of fused-ring (bicyclic) bond motifs is 5. The molecule has 2 saturated heterocycles. The monoisotopic (exact) mass is 386 g/mol. The van der Waals surface area contributed by atoms with Crippen molar-refractivity contribution in [2.75, 3.05) is 32.6 Å². The van der Waals surface area contributed by atoms with Gasteiger partial charge >= 0.3 is 5.97 Å². The van der Waals surface area contributed by atoms with E-state index in [1.54, 1.807) is 7.11 Å². The SMILES string of the molecule is CC[C@@H]1CN2CCC3c4c(cccc4OC)NC3[C@@H]2C[C@@H]1C(=COC)C(=O)O. The van der Waals surface area contributed by atoms with Gasteiger partial charge in [-0.2, -0.15) is 0 Å². The van der Waals surface area contributed by atoms with Gasteiger partial charge < -0.3 is 19.9 Å². The molecular formula is C22H30N2O4. The molecule has 5 atom stereocenters. The predicted molar refractivity (Wildman–Crippen MR) is 108 cm³/mol. The maximum atomic E-state index is 11.9. The first-order valence-electron chi connectivity index (χ1n) is 10.2. The number of carboxylic acid groups (broad SMARTS) is 1. The molecule has 152 valence electrons. The summed E-state index contributed by atoms with van der Waals surface area (Å²) in [5.74, 6) is 0.843. The van der Waals surface area contributed by atoms with Crippen molar-refractivity contribution in [3.63, 3.8) is 0 Å². The number of nitrogens with one attached hydrogen (secondary N) is 1. The molecule has 0 aromatic heterocycles. The Kier molecular flexibility index (Phi) is 5.23. The number of piperidine rings is 2. The lowest BCUT2D eigenvalue weighted by Gasteiger charge is -2.50. The van der Waals surface area contributed by atoms with Crippen LogP contribution in [0.3, 0.4) is 0 Å². The lowest BCUT2D eigenvalue weighted by Crippen LogP contribution is -2.58. The van der Waals surface area contributed by atoms with Gasteiger partial charge in [-0.15, -0.1) is 0 Å². The van der Waals surface area contributed by atoms with Crippen LogP contribution in [0, 0.1) is 11.8 Å². The molecule has 0 radical (unpaired) electrons. The first kappa shape index (κ1) is 19.1. The number of ether oxygens (including phenoxy) is 2. The summed E-state index contributed by atoms with van der Waals surface area (Å²) in [6.07, 6.45) is 4.34. The zero-order chi connectivity index (χ0) is 19.8. The van der Waals surface area contributed by atoms with Crippen LogP contribution in [0.2, 0.25) is 0 Å². The van der Waals surface area contributed by atoms with Gasteiger partial charge in [-0.05, 0) is 43.4 Å². The highest BCUT2D eigenvalue weighted by molar-refractivity contribution is 5.87. The molecular weight excluding hydrogens is 356 g/mol. The van der Waals surface area contributed by atoms with Gasteiger partial charge in [0.2, 0.25) is 0 Å². The Balaban J connectivity index is 1.64. The lowest BCUT2D eigenvalue weighted by atomic mass is 9.71. The number of nitrogens with zero attached hydrogens (tertiary/aromatic N) is 1. The van der Waals surface area contributed by atoms with Crippen molar-refractivity contribution in [2.45, 2.75) is 44.2 Å². The minimum absolute atomic E-state index is 0.00913. The van der Waals surface area contributed by atoms with E-state index in [4.69, 9.17) is 9.47 Å². The fraction of sp³-hybridized carbons (Fsp3) is 0.591. The largest absolute Gasteiger partial charge is 0.504 e. The molecule has 4 rings (SSSR count). The van der Waals surface area contributed by atoms with Gasteiger partial charge in [0.1, 0.15) is 5.75 Å². The van der Waals surface area contributed by atoms with Crippen molar-refractivity contribution >= 4 is 11.7 Å². The summed E-state index contributed by atoms with van der Waals surface area (Å²) in [6.45, 7) is 4.15. The molecule has 0 amide bonds. The minimum atomic E-state index is -0.865. The number of aliphatic carboxylic acids is 1. The fourth-order valence-corrected chi connectivity index (χ4v) is 5.70. The van der Waals surface area contributed by atoms with Crippen molar-refractivity contribution in [1.82, 2.24) is 4.90 Å². The Hall–Kier alpha value is -2.21. The lowest BCUT2D eigenvalue weighted by molar-refractivity contribution is -0.134. The zero-order valence-corrected chi connectivity index (χ0v) is 16.9. The number of hydrogen-bond donors (Lipinski definition) is 2. The number of rotatable bonds is 5. The van der Waals surface area contributed by atoms with Gasteiger partial charge in [0, 0.05) is 35.8 Å². The summed E-state index contributed by atoms with van der Waals surface area (Å²) >= 11 is 0. The Morgan fingerprint density at radius 1 is 1.39 bits per heavy atom. The van der Waals surface area contributed by atoms with Crippen molar-refractivity contribution < 1.29 is 19.4 Å². The van der Waals surface area contributed by atoms with E-state index in [-0.39, 0.29) is 12.0 Å². The van der Waals surface area contributed by atoms with Crippen LogP contribution in [-0.4, -0.2) is 55.4 Å². The maximum Gasteiger partial charge on any atom is 0.334 e. The zero-order valence-electron chi connectivity index (χ0n) is 16.9. The van der Waals surface area contributed by atoms with E-state index in [2.05, 4.69) is 23.2 Å². The Morgan fingerprint density at radius 3 is 2.89 bits per heavy atom. The van der Waals surface area contributed by atoms with Crippen LogP contribution in [0.1, 0.15) is 37.7 Å². The second kappa shape index (κ2) is 7.66. The molecule has 6 heteroatoms. The number of carboxylic acids is 1. The second-order valence-electron chi connectivity index (χ2n) is 8.17. The quantitative estimate of drug-likeness (QED) is 0.598. The predicted octanol–water partition coefficient (Wildman–Crippen LogP) is 3.31. The molecule has 0 saturated carbocycles. The van der Waals surface area contributed by atoms with Crippen LogP contribution in [0.5, 0.6) is 5.75 Å². The van der Waals surface area contributed by atoms with Crippen LogP contribution >= 0.6 is 0 Å². The van der Waals surface area contributed by atoms with Gasteiger partial charge in [-0.1, -0.05) is 19.4 Å².